The lowest BCUT2D eigenvalue weighted by atomic mass is 9.92. The van der Waals surface area contributed by atoms with Gasteiger partial charge < -0.3 is 16.0 Å². The Morgan fingerprint density at radius 3 is 2.15 bits per heavy atom. The van der Waals surface area contributed by atoms with Crippen LogP contribution in [0.2, 0.25) is 0 Å². The predicted octanol–water partition coefficient (Wildman–Crippen LogP) is 2.78. The van der Waals surface area contributed by atoms with E-state index in [2.05, 4.69) is 64.6 Å². The number of nitrogens with zero attached hydrogens (tertiary/aromatic N) is 3. The average molecular weight is 458 g/mol. The van der Waals surface area contributed by atoms with Crippen LogP contribution in [0.1, 0.15) is 30.4 Å². The summed E-state index contributed by atoms with van der Waals surface area (Å²) in [4.78, 5) is 17.6. The SMILES string of the molecule is CN1CCN(Cc2ccc(-c3ccc(CC(C#N)NC(=O)C4(N)CC5CC5C4)cc3)cc2)CC1. The Bertz CT molecular complexity index is 1040. The van der Waals surface area contributed by atoms with E-state index in [4.69, 9.17) is 5.73 Å². The number of hydrogen-bond acceptors (Lipinski definition) is 5. The first-order valence-corrected chi connectivity index (χ1v) is 12.5. The fraction of sp³-hybridized carbons (Fsp3) is 0.500. The molecule has 5 rings (SSSR count). The zero-order valence-corrected chi connectivity index (χ0v) is 20.0. The van der Waals surface area contributed by atoms with E-state index in [-0.39, 0.29) is 5.91 Å². The van der Waals surface area contributed by atoms with E-state index in [1.165, 1.54) is 17.5 Å². The van der Waals surface area contributed by atoms with Gasteiger partial charge in [0.15, 0.2) is 0 Å². The second-order valence-electron chi connectivity index (χ2n) is 10.7. The zero-order valence-electron chi connectivity index (χ0n) is 20.0. The van der Waals surface area contributed by atoms with Crippen molar-refractivity contribution in [3.8, 4) is 17.2 Å². The number of carbonyl (C=O) groups excluding carboxylic acids is 1. The molecule has 3 unspecified atom stereocenters. The molecule has 1 amide bonds. The topological polar surface area (TPSA) is 85.4 Å². The van der Waals surface area contributed by atoms with Crippen LogP contribution in [0.4, 0.5) is 0 Å². The normalized spacial score (nSPS) is 27.6. The Morgan fingerprint density at radius 2 is 1.59 bits per heavy atom. The van der Waals surface area contributed by atoms with E-state index < -0.39 is 11.6 Å². The van der Waals surface area contributed by atoms with Crippen molar-refractivity contribution in [1.82, 2.24) is 15.1 Å². The Kier molecular flexibility index (Phi) is 6.44. The Balaban J connectivity index is 1.15. The molecular weight excluding hydrogens is 422 g/mol. The van der Waals surface area contributed by atoms with Crippen LogP contribution >= 0.6 is 0 Å². The highest BCUT2D eigenvalue weighted by Crippen LogP contribution is 2.55. The summed E-state index contributed by atoms with van der Waals surface area (Å²) in [5.74, 6) is 1.06. The first kappa shape index (κ1) is 23.0. The van der Waals surface area contributed by atoms with Crippen LogP contribution in [-0.2, 0) is 17.8 Å². The molecule has 2 saturated carbocycles. The standard InChI is InChI=1S/C28H35N5O/c1-32-10-12-33(13-11-32)19-21-4-8-23(9-5-21)22-6-2-20(3-7-22)14-26(18-29)31-27(34)28(30)16-24-15-25(24)17-28/h2-9,24-26H,10-17,19,30H2,1H3,(H,31,34). The van der Waals surface area contributed by atoms with Gasteiger partial charge in [-0.2, -0.15) is 5.26 Å². The van der Waals surface area contributed by atoms with Crippen molar-refractivity contribution >= 4 is 5.91 Å². The molecule has 1 heterocycles. The first-order chi connectivity index (χ1) is 16.4. The van der Waals surface area contributed by atoms with E-state index in [0.29, 0.717) is 18.3 Å². The first-order valence-electron chi connectivity index (χ1n) is 12.5. The highest BCUT2D eigenvalue weighted by atomic mass is 16.2. The Hall–Kier alpha value is -2.72. The van der Waals surface area contributed by atoms with Crippen molar-refractivity contribution < 1.29 is 4.79 Å². The van der Waals surface area contributed by atoms with Crippen molar-refractivity contribution in [1.29, 1.82) is 5.26 Å². The molecule has 6 heteroatoms. The number of nitriles is 1. The minimum atomic E-state index is -0.789. The molecule has 6 nitrogen and oxygen atoms in total. The van der Waals surface area contributed by atoms with Gasteiger partial charge >= 0.3 is 0 Å². The van der Waals surface area contributed by atoms with E-state index in [1.807, 2.05) is 12.1 Å². The molecule has 0 radical (unpaired) electrons. The van der Waals surface area contributed by atoms with Gasteiger partial charge in [-0.1, -0.05) is 48.5 Å². The molecule has 3 atom stereocenters. The maximum Gasteiger partial charge on any atom is 0.241 e. The minimum absolute atomic E-state index is 0.167. The maximum atomic E-state index is 12.7. The molecule has 34 heavy (non-hydrogen) atoms. The lowest BCUT2D eigenvalue weighted by molar-refractivity contribution is -0.126. The lowest BCUT2D eigenvalue weighted by Crippen LogP contribution is -2.55. The number of amides is 1. The van der Waals surface area contributed by atoms with Gasteiger partial charge in [0.25, 0.3) is 0 Å². The number of piperazine rings is 1. The molecule has 1 saturated heterocycles. The fourth-order valence-electron chi connectivity index (χ4n) is 5.58. The smallest absolute Gasteiger partial charge is 0.241 e. The van der Waals surface area contributed by atoms with Gasteiger partial charge in [0.05, 0.1) is 11.6 Å². The lowest BCUT2D eigenvalue weighted by Gasteiger charge is -2.32. The molecule has 2 aromatic rings. The molecule has 0 spiro atoms. The van der Waals surface area contributed by atoms with Crippen molar-refractivity contribution in [2.45, 2.75) is 43.8 Å². The maximum absolute atomic E-state index is 12.7. The fourth-order valence-corrected chi connectivity index (χ4v) is 5.58. The second kappa shape index (κ2) is 9.50. The van der Waals surface area contributed by atoms with E-state index in [9.17, 15) is 10.1 Å². The Labute approximate surface area is 202 Å². The summed E-state index contributed by atoms with van der Waals surface area (Å²) >= 11 is 0. The number of likely N-dealkylation sites (N-methyl/N-ethyl adjacent to an activating group) is 1. The molecule has 3 fully saturated rings. The summed E-state index contributed by atoms with van der Waals surface area (Å²) in [6, 6.07) is 18.8. The number of nitrogens with one attached hydrogen (secondary N) is 1. The van der Waals surface area contributed by atoms with Crippen LogP contribution in [0.25, 0.3) is 11.1 Å². The Morgan fingerprint density at radius 1 is 1.03 bits per heavy atom. The van der Waals surface area contributed by atoms with Crippen LogP contribution in [0, 0.1) is 23.2 Å². The van der Waals surface area contributed by atoms with Crippen molar-refractivity contribution in [2.24, 2.45) is 17.6 Å². The molecule has 1 aliphatic heterocycles. The highest BCUT2D eigenvalue weighted by molar-refractivity contribution is 5.87. The van der Waals surface area contributed by atoms with Crippen molar-refractivity contribution in [3.63, 3.8) is 0 Å². The quantitative estimate of drug-likeness (QED) is 0.668. The molecule has 3 N–H and O–H groups in total. The van der Waals surface area contributed by atoms with Crippen LogP contribution in [0.3, 0.4) is 0 Å². The molecule has 2 aliphatic carbocycles. The van der Waals surface area contributed by atoms with Gasteiger partial charge in [0.1, 0.15) is 6.04 Å². The zero-order chi connectivity index (χ0) is 23.7. The van der Waals surface area contributed by atoms with Crippen LogP contribution in [0.15, 0.2) is 48.5 Å². The summed E-state index contributed by atoms with van der Waals surface area (Å²) < 4.78 is 0. The number of nitrogens with two attached hydrogens (primary N) is 1. The summed E-state index contributed by atoms with van der Waals surface area (Å²) in [6.45, 7) is 5.51. The van der Waals surface area contributed by atoms with E-state index in [1.54, 1.807) is 0 Å². The monoisotopic (exact) mass is 457 g/mol. The van der Waals surface area contributed by atoms with Gasteiger partial charge in [0.2, 0.25) is 5.91 Å². The van der Waals surface area contributed by atoms with Crippen molar-refractivity contribution in [3.05, 3.63) is 59.7 Å². The second-order valence-corrected chi connectivity index (χ2v) is 10.7. The number of rotatable bonds is 7. The third-order valence-electron chi connectivity index (χ3n) is 7.92. The molecule has 0 aromatic heterocycles. The van der Waals surface area contributed by atoms with E-state index in [0.717, 1.165) is 56.7 Å². The van der Waals surface area contributed by atoms with Gasteiger partial charge in [-0.15, -0.1) is 0 Å². The summed E-state index contributed by atoms with van der Waals surface area (Å²) in [7, 11) is 2.18. The largest absolute Gasteiger partial charge is 0.338 e. The number of fused-ring (bicyclic) bond motifs is 1. The van der Waals surface area contributed by atoms with Crippen LogP contribution in [0.5, 0.6) is 0 Å². The highest BCUT2D eigenvalue weighted by Gasteiger charge is 2.55. The van der Waals surface area contributed by atoms with Crippen LogP contribution in [-0.4, -0.2) is 60.5 Å². The van der Waals surface area contributed by atoms with Crippen molar-refractivity contribution in [2.75, 3.05) is 33.2 Å². The molecule has 2 aromatic carbocycles. The number of hydrogen-bond donors (Lipinski definition) is 2. The van der Waals surface area contributed by atoms with E-state index >= 15 is 0 Å². The predicted molar refractivity (Wildman–Crippen MR) is 134 cm³/mol. The van der Waals surface area contributed by atoms with Gasteiger partial charge in [-0.05, 0) is 60.4 Å². The number of benzene rings is 2. The molecule has 3 aliphatic rings. The minimum Gasteiger partial charge on any atom is -0.338 e. The summed E-state index contributed by atoms with van der Waals surface area (Å²) in [5, 5.41) is 12.5. The van der Waals surface area contributed by atoms with Gasteiger partial charge in [-0.3, -0.25) is 9.69 Å². The summed E-state index contributed by atoms with van der Waals surface area (Å²) in [6.07, 6.45) is 3.20. The molecule has 0 bridgehead atoms. The number of carbonyl (C=O) groups is 1. The average Bonchev–Trinajstić information content (AvgIpc) is 3.47. The van der Waals surface area contributed by atoms with Crippen LogP contribution < -0.4 is 11.1 Å². The summed E-state index contributed by atoms with van der Waals surface area (Å²) in [5.41, 5.74) is 10.3. The van der Waals surface area contributed by atoms with Gasteiger partial charge in [0, 0.05) is 39.1 Å². The van der Waals surface area contributed by atoms with Gasteiger partial charge in [-0.25, -0.2) is 0 Å². The third kappa shape index (κ3) is 5.17. The molecule has 178 valence electrons. The third-order valence-corrected chi connectivity index (χ3v) is 7.92. The molecular formula is C28H35N5O.